The Balaban J connectivity index is 2.81. The third kappa shape index (κ3) is 3.37. The van der Waals surface area contributed by atoms with Crippen molar-refractivity contribution in [1.82, 2.24) is 0 Å². The highest BCUT2D eigenvalue weighted by Crippen LogP contribution is 2.27. The van der Waals surface area contributed by atoms with Crippen LogP contribution in [0.15, 0.2) is 12.1 Å². The Morgan fingerprint density at radius 1 is 1.35 bits per heavy atom. The summed E-state index contributed by atoms with van der Waals surface area (Å²) in [5.41, 5.74) is 6.51. The summed E-state index contributed by atoms with van der Waals surface area (Å²) in [6.45, 7) is 7.60. The first-order chi connectivity index (χ1) is 7.74. The van der Waals surface area contributed by atoms with Crippen molar-refractivity contribution in [2.24, 2.45) is 11.1 Å². The number of carbonyl (C=O) groups excluding carboxylic acids is 1. The molecule has 0 fully saturated rings. The van der Waals surface area contributed by atoms with E-state index < -0.39 is 5.41 Å². The van der Waals surface area contributed by atoms with Crippen LogP contribution in [0.25, 0.3) is 0 Å². The average Bonchev–Trinajstić information content (AvgIpc) is 2.22. The highest BCUT2D eigenvalue weighted by molar-refractivity contribution is 6.32. The third-order valence-electron chi connectivity index (χ3n) is 2.68. The van der Waals surface area contributed by atoms with E-state index in [1.54, 1.807) is 13.8 Å². The predicted molar refractivity (Wildman–Crippen MR) is 69.4 cm³/mol. The van der Waals surface area contributed by atoms with Crippen LogP contribution in [-0.2, 0) is 4.79 Å². The van der Waals surface area contributed by atoms with E-state index in [0.29, 0.717) is 5.75 Å². The van der Waals surface area contributed by atoms with Gasteiger partial charge in [0.05, 0.1) is 5.41 Å². The van der Waals surface area contributed by atoms with Crippen LogP contribution >= 0.6 is 11.6 Å². The zero-order valence-corrected chi connectivity index (χ0v) is 11.4. The van der Waals surface area contributed by atoms with Crippen LogP contribution in [0.1, 0.15) is 25.0 Å². The zero-order chi connectivity index (χ0) is 13.2. The summed E-state index contributed by atoms with van der Waals surface area (Å²) >= 11 is 6.06. The van der Waals surface area contributed by atoms with Crippen molar-refractivity contribution in [3.63, 3.8) is 0 Å². The molecule has 0 unspecified atom stereocenters. The van der Waals surface area contributed by atoms with E-state index in [4.69, 9.17) is 22.1 Å². The maximum absolute atomic E-state index is 11.2. The van der Waals surface area contributed by atoms with Gasteiger partial charge in [0.25, 0.3) is 0 Å². The smallest absolute Gasteiger partial charge is 0.226 e. The van der Waals surface area contributed by atoms with Gasteiger partial charge in [-0.3, -0.25) is 4.79 Å². The molecule has 0 aliphatic heterocycles. The lowest BCUT2D eigenvalue weighted by molar-refractivity contribution is -0.127. The molecule has 94 valence electrons. The van der Waals surface area contributed by atoms with Gasteiger partial charge < -0.3 is 10.5 Å². The molecular weight excluding hydrogens is 238 g/mol. The van der Waals surface area contributed by atoms with Crippen LogP contribution in [0.5, 0.6) is 5.75 Å². The molecule has 0 aromatic heterocycles. The van der Waals surface area contributed by atoms with Gasteiger partial charge in [-0.05, 0) is 51.0 Å². The molecule has 1 aromatic rings. The highest BCUT2D eigenvalue weighted by Gasteiger charge is 2.26. The molecule has 0 radical (unpaired) electrons. The van der Waals surface area contributed by atoms with Gasteiger partial charge in [-0.15, -0.1) is 0 Å². The van der Waals surface area contributed by atoms with Gasteiger partial charge in [0.15, 0.2) is 0 Å². The largest absolute Gasteiger partial charge is 0.492 e. The summed E-state index contributed by atoms with van der Waals surface area (Å²) in [7, 11) is 0. The summed E-state index contributed by atoms with van der Waals surface area (Å²) < 4.78 is 5.59. The molecule has 0 bridgehead atoms. The van der Waals surface area contributed by atoms with Crippen LogP contribution in [0.4, 0.5) is 0 Å². The lowest BCUT2D eigenvalue weighted by Crippen LogP contribution is -2.36. The molecule has 0 saturated carbocycles. The molecule has 4 heteroatoms. The molecule has 0 spiro atoms. The molecule has 0 saturated heterocycles. The molecule has 3 nitrogen and oxygen atoms in total. The van der Waals surface area contributed by atoms with E-state index in [2.05, 4.69) is 0 Å². The SMILES string of the molecule is Cc1cc(OCC(C)(C)C(N)=O)cc(C)c1Cl. The van der Waals surface area contributed by atoms with Crippen LogP contribution in [-0.4, -0.2) is 12.5 Å². The van der Waals surface area contributed by atoms with Gasteiger partial charge >= 0.3 is 0 Å². The van der Waals surface area contributed by atoms with Gasteiger partial charge in [0.2, 0.25) is 5.91 Å². The summed E-state index contributed by atoms with van der Waals surface area (Å²) in [5.74, 6) is 0.332. The van der Waals surface area contributed by atoms with E-state index in [0.717, 1.165) is 16.1 Å². The topological polar surface area (TPSA) is 52.3 Å². The standard InChI is InChI=1S/C13H18ClNO2/c1-8-5-10(6-9(2)11(8)14)17-7-13(3,4)12(15)16/h5-6H,7H2,1-4H3,(H2,15,16). The Morgan fingerprint density at radius 2 is 1.82 bits per heavy atom. The lowest BCUT2D eigenvalue weighted by atomic mass is 9.94. The van der Waals surface area contributed by atoms with Crippen molar-refractivity contribution in [3.8, 4) is 5.75 Å². The summed E-state index contributed by atoms with van der Waals surface area (Å²) in [5, 5.41) is 0.742. The molecule has 1 rings (SSSR count). The van der Waals surface area contributed by atoms with Gasteiger partial charge in [-0.2, -0.15) is 0 Å². The first kappa shape index (κ1) is 13.8. The summed E-state index contributed by atoms with van der Waals surface area (Å²) in [4.78, 5) is 11.2. The molecular formula is C13H18ClNO2. The quantitative estimate of drug-likeness (QED) is 0.900. The van der Waals surface area contributed by atoms with Crippen molar-refractivity contribution in [2.75, 3.05) is 6.61 Å². The Labute approximate surface area is 107 Å². The first-order valence-corrected chi connectivity index (χ1v) is 5.81. The Morgan fingerprint density at radius 3 is 2.24 bits per heavy atom. The second-order valence-electron chi connectivity index (χ2n) is 4.91. The molecule has 0 atom stereocenters. The minimum absolute atomic E-state index is 0.253. The van der Waals surface area contributed by atoms with Gasteiger partial charge in [0, 0.05) is 5.02 Å². The maximum Gasteiger partial charge on any atom is 0.226 e. The lowest BCUT2D eigenvalue weighted by Gasteiger charge is -2.21. The fraction of sp³-hybridized carbons (Fsp3) is 0.462. The summed E-state index contributed by atoms with van der Waals surface area (Å²) in [6.07, 6.45) is 0. The van der Waals surface area contributed by atoms with Crippen LogP contribution in [0.2, 0.25) is 5.02 Å². The number of amides is 1. The number of primary amides is 1. The molecule has 0 heterocycles. The minimum Gasteiger partial charge on any atom is -0.492 e. The Hall–Kier alpha value is -1.22. The molecule has 2 N–H and O–H groups in total. The second kappa shape index (κ2) is 4.96. The first-order valence-electron chi connectivity index (χ1n) is 5.43. The van der Waals surface area contributed by atoms with Gasteiger partial charge in [-0.1, -0.05) is 11.6 Å². The van der Waals surface area contributed by atoms with Gasteiger partial charge in [-0.25, -0.2) is 0 Å². The van der Waals surface area contributed by atoms with E-state index in [1.165, 1.54) is 0 Å². The van der Waals surface area contributed by atoms with Crippen molar-refractivity contribution < 1.29 is 9.53 Å². The number of hydrogen-bond donors (Lipinski definition) is 1. The normalized spacial score (nSPS) is 11.4. The van der Waals surface area contributed by atoms with Gasteiger partial charge in [0.1, 0.15) is 12.4 Å². The summed E-state index contributed by atoms with van der Waals surface area (Å²) in [6, 6.07) is 3.71. The van der Waals surface area contributed by atoms with Crippen LogP contribution in [0, 0.1) is 19.3 Å². The number of ether oxygens (including phenoxy) is 1. The maximum atomic E-state index is 11.2. The Bertz CT molecular complexity index is 418. The van der Waals surface area contributed by atoms with Crippen molar-refractivity contribution in [2.45, 2.75) is 27.7 Å². The number of carbonyl (C=O) groups is 1. The number of halogens is 1. The molecule has 17 heavy (non-hydrogen) atoms. The highest BCUT2D eigenvalue weighted by atomic mass is 35.5. The number of nitrogens with two attached hydrogens (primary N) is 1. The van der Waals surface area contributed by atoms with Crippen molar-refractivity contribution in [3.05, 3.63) is 28.3 Å². The third-order valence-corrected chi connectivity index (χ3v) is 3.27. The Kier molecular flexibility index (Phi) is 4.04. The van der Waals surface area contributed by atoms with Crippen LogP contribution < -0.4 is 10.5 Å². The average molecular weight is 256 g/mol. The fourth-order valence-electron chi connectivity index (χ4n) is 1.32. The number of hydrogen-bond acceptors (Lipinski definition) is 2. The van der Waals surface area contributed by atoms with E-state index >= 15 is 0 Å². The van der Waals surface area contributed by atoms with E-state index in [9.17, 15) is 4.79 Å². The van der Waals surface area contributed by atoms with Crippen LogP contribution in [0.3, 0.4) is 0 Å². The van der Waals surface area contributed by atoms with E-state index in [1.807, 2.05) is 26.0 Å². The monoisotopic (exact) mass is 255 g/mol. The number of aryl methyl sites for hydroxylation is 2. The zero-order valence-electron chi connectivity index (χ0n) is 10.6. The number of benzene rings is 1. The molecule has 0 aliphatic carbocycles. The molecule has 1 aromatic carbocycles. The second-order valence-corrected chi connectivity index (χ2v) is 5.29. The van der Waals surface area contributed by atoms with Crippen molar-refractivity contribution >= 4 is 17.5 Å². The van der Waals surface area contributed by atoms with E-state index in [-0.39, 0.29) is 12.5 Å². The fourth-order valence-corrected chi connectivity index (χ4v) is 1.43. The number of rotatable bonds is 4. The molecule has 0 aliphatic rings. The minimum atomic E-state index is -0.679. The van der Waals surface area contributed by atoms with Crippen molar-refractivity contribution in [1.29, 1.82) is 0 Å². The predicted octanol–water partition coefficient (Wildman–Crippen LogP) is 2.85. The molecule has 1 amide bonds.